The highest BCUT2D eigenvalue weighted by Crippen LogP contribution is 2.31. The molecule has 1 saturated heterocycles. The van der Waals surface area contributed by atoms with Crippen molar-refractivity contribution in [1.29, 1.82) is 5.26 Å². The Labute approximate surface area is 295 Å². The lowest BCUT2D eigenvalue weighted by molar-refractivity contribution is -0.127. The summed E-state index contributed by atoms with van der Waals surface area (Å²) >= 11 is 1.29. The number of aliphatic hydroxyl groups is 1. The molecule has 50 heavy (non-hydrogen) atoms. The monoisotopic (exact) mass is 703 g/mol. The van der Waals surface area contributed by atoms with E-state index in [4.69, 9.17) is 19.3 Å². The molecule has 266 valence electrons. The molecule has 4 aromatic rings. The first-order valence-corrected chi connectivity index (χ1v) is 17.2. The summed E-state index contributed by atoms with van der Waals surface area (Å²) in [6.45, 7) is 13.4. The number of nitriles is 1. The van der Waals surface area contributed by atoms with E-state index in [2.05, 4.69) is 42.5 Å². The third-order valence-corrected chi connectivity index (χ3v) is 9.38. The quantitative estimate of drug-likeness (QED) is 0.0908. The maximum atomic E-state index is 13.6. The molecule has 2 amide bonds. The Morgan fingerprint density at radius 3 is 2.56 bits per heavy atom. The third-order valence-electron chi connectivity index (χ3n) is 8.28. The fourth-order valence-electron chi connectivity index (χ4n) is 5.78. The van der Waals surface area contributed by atoms with Gasteiger partial charge in [-0.05, 0) is 53.5 Å². The number of carbonyl (C=O) groups excluding carboxylic acids is 2. The van der Waals surface area contributed by atoms with Gasteiger partial charge in [-0.25, -0.2) is 9.97 Å². The largest absolute Gasteiger partial charge is 0.483 e. The number of carbonyl (C=O) groups is 3. The average molecular weight is 704 g/mol. The van der Waals surface area contributed by atoms with E-state index in [1.165, 1.54) is 17.7 Å². The van der Waals surface area contributed by atoms with Crippen molar-refractivity contribution < 1.29 is 29.0 Å². The number of nitrogens with zero attached hydrogens (tertiary/aromatic N) is 5. The van der Waals surface area contributed by atoms with E-state index in [9.17, 15) is 20.0 Å². The number of oxazole rings is 1. The smallest absolute Gasteiger partial charge is 0.290 e. The van der Waals surface area contributed by atoms with Gasteiger partial charge in [-0.15, -0.1) is 11.3 Å². The van der Waals surface area contributed by atoms with Gasteiger partial charge in [0.15, 0.2) is 12.2 Å². The lowest BCUT2D eigenvalue weighted by atomic mass is 9.87. The highest BCUT2D eigenvalue weighted by atomic mass is 32.1. The maximum Gasteiger partial charge on any atom is 0.290 e. The van der Waals surface area contributed by atoms with Crippen LogP contribution in [-0.4, -0.2) is 73.2 Å². The molecule has 3 aromatic heterocycles. The van der Waals surface area contributed by atoms with Crippen LogP contribution in [0.4, 0.5) is 5.95 Å². The van der Waals surface area contributed by atoms with E-state index in [0.29, 0.717) is 41.7 Å². The molecule has 2 atom stereocenters. The molecule has 0 aliphatic carbocycles. The zero-order valence-electron chi connectivity index (χ0n) is 29.3. The predicted octanol–water partition coefficient (Wildman–Crippen LogP) is 5.69. The number of rotatable bonds is 10. The molecule has 0 spiro atoms. The molecule has 5 rings (SSSR count). The van der Waals surface area contributed by atoms with Crippen LogP contribution in [0.25, 0.3) is 21.7 Å². The van der Waals surface area contributed by atoms with Crippen LogP contribution in [0.3, 0.4) is 0 Å². The first-order valence-electron chi connectivity index (χ1n) is 16.3. The van der Waals surface area contributed by atoms with Crippen LogP contribution in [-0.2, 0) is 22.7 Å². The standard InChI is InChI=1S/C35H43N7O4S.CH2O2/c1-34(2,3)15-23(16-36)32(45)41-13-7-8-24(41)19-42-26-10-9-22(17-38-30(20-43)35(4,5)6)14-25(26)39-33(42)40-31(44)29-12-11-28(47-29)27-18-37-21-46-27;2-1-3/h9-12,14-15,18,21,24,30,38,43H,7-8,13,17,19-20H2,1-6H3,(H,39,40,44);1H,(H,2,3)/t24-,30+;/m1./s1. The van der Waals surface area contributed by atoms with Crippen LogP contribution in [0.5, 0.6) is 0 Å². The molecule has 1 aliphatic heterocycles. The van der Waals surface area contributed by atoms with Gasteiger partial charge in [0.05, 0.1) is 39.6 Å². The molecular weight excluding hydrogens is 659 g/mol. The topological polar surface area (TPSA) is 187 Å². The lowest BCUT2D eigenvalue weighted by Gasteiger charge is -2.30. The summed E-state index contributed by atoms with van der Waals surface area (Å²) in [5, 5.41) is 33.1. The Kier molecular flexibility index (Phi) is 12.3. The summed E-state index contributed by atoms with van der Waals surface area (Å²) in [5.74, 6) is 0.372. The van der Waals surface area contributed by atoms with Gasteiger partial charge in [0, 0.05) is 25.7 Å². The van der Waals surface area contributed by atoms with Crippen molar-refractivity contribution in [3.63, 3.8) is 0 Å². The normalized spacial score (nSPS) is 15.7. The van der Waals surface area contributed by atoms with Crippen molar-refractivity contribution in [1.82, 2.24) is 24.8 Å². The first kappa shape index (κ1) is 38.0. The summed E-state index contributed by atoms with van der Waals surface area (Å²) < 4.78 is 7.35. The van der Waals surface area contributed by atoms with Crippen molar-refractivity contribution in [3.8, 4) is 16.7 Å². The van der Waals surface area contributed by atoms with Crippen LogP contribution in [0.15, 0.2) is 59.0 Å². The van der Waals surface area contributed by atoms with E-state index >= 15 is 0 Å². The zero-order chi connectivity index (χ0) is 36.6. The van der Waals surface area contributed by atoms with Crippen molar-refractivity contribution in [2.24, 2.45) is 10.8 Å². The predicted molar refractivity (Wildman–Crippen MR) is 191 cm³/mol. The summed E-state index contributed by atoms with van der Waals surface area (Å²) in [7, 11) is 0. The van der Waals surface area contributed by atoms with Gasteiger partial charge in [0.2, 0.25) is 5.95 Å². The molecule has 13 nitrogen and oxygen atoms in total. The second kappa shape index (κ2) is 16.2. The molecule has 0 bridgehead atoms. The third kappa shape index (κ3) is 9.44. The molecule has 1 fully saturated rings. The fourth-order valence-corrected chi connectivity index (χ4v) is 6.63. The number of imidazole rings is 1. The van der Waals surface area contributed by atoms with Crippen LogP contribution in [0, 0.1) is 22.2 Å². The van der Waals surface area contributed by atoms with Gasteiger partial charge in [0.1, 0.15) is 11.6 Å². The van der Waals surface area contributed by atoms with Crippen molar-refractivity contribution >= 4 is 46.6 Å². The number of hydrogen-bond donors (Lipinski definition) is 4. The van der Waals surface area contributed by atoms with E-state index in [1.54, 1.807) is 23.2 Å². The Hall–Kier alpha value is -4.84. The number of thiophene rings is 1. The summed E-state index contributed by atoms with van der Waals surface area (Å²) in [5.41, 5.74) is 2.21. The number of benzene rings is 1. The summed E-state index contributed by atoms with van der Waals surface area (Å²) in [4.78, 5) is 47.3. The molecule has 0 unspecified atom stereocenters. The Morgan fingerprint density at radius 1 is 1.20 bits per heavy atom. The molecular formula is C36H45N7O6S. The number of anilines is 1. The molecule has 0 radical (unpaired) electrons. The number of amides is 2. The number of nitrogens with one attached hydrogen (secondary N) is 2. The first-order chi connectivity index (χ1) is 23.7. The fraction of sp³-hybridized carbons (Fsp3) is 0.444. The van der Waals surface area contributed by atoms with E-state index in [1.807, 2.05) is 49.6 Å². The van der Waals surface area contributed by atoms with Crippen LogP contribution in [0.2, 0.25) is 0 Å². The molecule has 1 aromatic carbocycles. The molecule has 14 heteroatoms. The van der Waals surface area contributed by atoms with Gasteiger partial charge in [-0.2, -0.15) is 5.26 Å². The average Bonchev–Trinajstić information content (AvgIpc) is 3.87. The van der Waals surface area contributed by atoms with Gasteiger partial charge in [-0.3, -0.25) is 19.7 Å². The second-order valence-electron chi connectivity index (χ2n) is 14.3. The van der Waals surface area contributed by atoms with Gasteiger partial charge < -0.3 is 29.4 Å². The SMILES string of the molecule is CC(C)(C)C=C(C#N)C(=O)N1CCC[C@@H]1Cn1c(NC(=O)c2ccc(-c3cnco3)s2)nc2cc(CN[C@@H](CO)C(C)(C)C)ccc21.O=CO. The van der Waals surface area contributed by atoms with Crippen LogP contribution >= 0.6 is 11.3 Å². The number of carboxylic acid groups (broad SMARTS) is 1. The van der Waals surface area contributed by atoms with Gasteiger partial charge in [0.25, 0.3) is 18.3 Å². The highest BCUT2D eigenvalue weighted by Gasteiger charge is 2.33. The summed E-state index contributed by atoms with van der Waals surface area (Å²) in [6, 6.07) is 11.4. The number of aromatic nitrogens is 3. The van der Waals surface area contributed by atoms with Crippen LogP contribution < -0.4 is 10.6 Å². The number of hydrogen-bond acceptors (Lipinski definition) is 10. The zero-order valence-corrected chi connectivity index (χ0v) is 30.1. The molecule has 4 N–H and O–H groups in total. The van der Waals surface area contributed by atoms with E-state index in [-0.39, 0.29) is 53.4 Å². The van der Waals surface area contributed by atoms with Crippen molar-refractivity contribution in [2.75, 3.05) is 18.5 Å². The van der Waals surface area contributed by atoms with E-state index in [0.717, 1.165) is 28.8 Å². The lowest BCUT2D eigenvalue weighted by Crippen LogP contribution is -2.42. The molecule has 1 aliphatic rings. The maximum absolute atomic E-state index is 13.6. The molecule has 0 saturated carbocycles. The number of fused-ring (bicyclic) bond motifs is 1. The number of allylic oxidation sites excluding steroid dienone is 1. The van der Waals surface area contributed by atoms with Crippen molar-refractivity contribution in [2.45, 2.75) is 79.6 Å². The number of aliphatic hydroxyl groups excluding tert-OH is 1. The Balaban J connectivity index is 0.00000181. The summed E-state index contributed by atoms with van der Waals surface area (Å²) in [6.07, 6.45) is 6.26. The van der Waals surface area contributed by atoms with Crippen LogP contribution in [0.1, 0.15) is 69.6 Å². The highest BCUT2D eigenvalue weighted by molar-refractivity contribution is 7.17. The minimum absolute atomic E-state index is 0.0203. The minimum Gasteiger partial charge on any atom is -0.483 e. The minimum atomic E-state index is -0.320. The Bertz CT molecular complexity index is 1860. The second-order valence-corrected chi connectivity index (χ2v) is 15.4. The van der Waals surface area contributed by atoms with E-state index < -0.39 is 0 Å². The Morgan fingerprint density at radius 2 is 1.94 bits per heavy atom. The molecule has 4 heterocycles. The van der Waals surface area contributed by atoms with Gasteiger partial charge >= 0.3 is 0 Å². The van der Waals surface area contributed by atoms with Crippen molar-refractivity contribution in [3.05, 3.63) is 65.0 Å². The number of likely N-dealkylation sites (tertiary alicyclic amines) is 1. The van der Waals surface area contributed by atoms with Gasteiger partial charge in [-0.1, -0.05) is 53.7 Å².